The Kier molecular flexibility index (Phi) is 4.82. The first-order valence-electron chi connectivity index (χ1n) is 8.21. The Hall–Kier alpha value is -2.07. The van der Waals surface area contributed by atoms with Crippen molar-refractivity contribution in [1.82, 2.24) is 4.90 Å². The van der Waals surface area contributed by atoms with Gasteiger partial charge >= 0.3 is 0 Å². The highest BCUT2D eigenvalue weighted by Gasteiger charge is 2.21. The largest absolute Gasteiger partial charge is 0.399 e. The first-order chi connectivity index (χ1) is 11.1. The molecule has 1 unspecified atom stereocenters. The van der Waals surface area contributed by atoms with Gasteiger partial charge in [0.25, 0.3) is 0 Å². The molecule has 1 aliphatic rings. The Bertz CT molecular complexity index is 616. The molecule has 1 atom stereocenters. The van der Waals surface area contributed by atoms with Crippen molar-refractivity contribution in [1.29, 1.82) is 0 Å². The molecule has 2 N–H and O–H groups in total. The quantitative estimate of drug-likeness (QED) is 0.880. The van der Waals surface area contributed by atoms with Gasteiger partial charge < -0.3 is 10.6 Å². The molecule has 1 aliphatic heterocycles. The summed E-state index contributed by atoms with van der Waals surface area (Å²) in [6.45, 7) is 6.32. The van der Waals surface area contributed by atoms with Crippen LogP contribution in [-0.2, 0) is 6.42 Å². The van der Waals surface area contributed by atoms with E-state index in [1.165, 1.54) is 17.7 Å². The first-order valence-corrected chi connectivity index (χ1v) is 8.21. The molecule has 0 radical (unpaired) electrons. The summed E-state index contributed by atoms with van der Waals surface area (Å²) in [5.41, 5.74) is 8.99. The van der Waals surface area contributed by atoms with E-state index >= 15 is 0 Å². The molecule has 23 heavy (non-hydrogen) atoms. The number of nitrogens with two attached hydrogens (primary N) is 1. The zero-order valence-corrected chi connectivity index (χ0v) is 13.6. The predicted molar refractivity (Wildman–Crippen MR) is 94.2 cm³/mol. The third-order valence-corrected chi connectivity index (χ3v) is 4.64. The van der Waals surface area contributed by atoms with Gasteiger partial charge in [0.2, 0.25) is 0 Å². The molecule has 1 saturated heterocycles. The summed E-state index contributed by atoms with van der Waals surface area (Å²) in [6.07, 6.45) is 1.04. The highest BCUT2D eigenvalue weighted by molar-refractivity contribution is 5.46. The SMILES string of the molecule is CC(Cc1ccc(N)cc1)N1CCN(c2ccc(F)cc2)CC1. The fraction of sp³-hybridized carbons (Fsp3) is 0.368. The summed E-state index contributed by atoms with van der Waals surface area (Å²) in [5, 5.41) is 0. The molecular weight excluding hydrogens is 289 g/mol. The van der Waals surface area contributed by atoms with Gasteiger partial charge in [0.1, 0.15) is 5.82 Å². The van der Waals surface area contributed by atoms with E-state index in [0.717, 1.165) is 44.0 Å². The minimum atomic E-state index is -0.176. The number of nitrogens with zero attached hydrogens (tertiary/aromatic N) is 2. The number of anilines is 2. The highest BCUT2D eigenvalue weighted by Crippen LogP contribution is 2.19. The van der Waals surface area contributed by atoms with Gasteiger partial charge in [0, 0.05) is 43.6 Å². The average molecular weight is 313 g/mol. The van der Waals surface area contributed by atoms with Crippen molar-refractivity contribution in [2.24, 2.45) is 0 Å². The van der Waals surface area contributed by atoms with E-state index in [0.29, 0.717) is 6.04 Å². The summed E-state index contributed by atoms with van der Waals surface area (Å²) in [4.78, 5) is 4.85. The molecule has 0 amide bonds. The van der Waals surface area contributed by atoms with Gasteiger partial charge in [0.15, 0.2) is 0 Å². The maximum atomic E-state index is 13.0. The third-order valence-electron chi connectivity index (χ3n) is 4.64. The van der Waals surface area contributed by atoms with E-state index in [1.807, 2.05) is 24.3 Å². The lowest BCUT2D eigenvalue weighted by atomic mass is 10.0. The fourth-order valence-corrected chi connectivity index (χ4v) is 3.20. The highest BCUT2D eigenvalue weighted by atomic mass is 19.1. The second kappa shape index (κ2) is 7.01. The lowest BCUT2D eigenvalue weighted by Crippen LogP contribution is -2.50. The zero-order chi connectivity index (χ0) is 16.2. The summed E-state index contributed by atoms with van der Waals surface area (Å²) in [7, 11) is 0. The van der Waals surface area contributed by atoms with Crippen LogP contribution in [0.15, 0.2) is 48.5 Å². The van der Waals surface area contributed by atoms with Crippen molar-refractivity contribution in [3.8, 4) is 0 Å². The van der Waals surface area contributed by atoms with Gasteiger partial charge in [-0.05, 0) is 55.3 Å². The van der Waals surface area contributed by atoms with Crippen molar-refractivity contribution in [2.45, 2.75) is 19.4 Å². The van der Waals surface area contributed by atoms with Crippen LogP contribution in [-0.4, -0.2) is 37.1 Å². The molecule has 4 heteroatoms. The van der Waals surface area contributed by atoms with Crippen LogP contribution < -0.4 is 10.6 Å². The lowest BCUT2D eigenvalue weighted by molar-refractivity contribution is 0.196. The molecule has 2 aromatic rings. The molecule has 0 bridgehead atoms. The van der Waals surface area contributed by atoms with Crippen LogP contribution in [0.25, 0.3) is 0 Å². The van der Waals surface area contributed by atoms with Crippen LogP contribution in [0.2, 0.25) is 0 Å². The maximum Gasteiger partial charge on any atom is 0.123 e. The molecule has 3 nitrogen and oxygen atoms in total. The van der Waals surface area contributed by atoms with Gasteiger partial charge in [-0.3, -0.25) is 4.90 Å². The van der Waals surface area contributed by atoms with Gasteiger partial charge in [-0.1, -0.05) is 12.1 Å². The van der Waals surface area contributed by atoms with E-state index in [2.05, 4.69) is 28.9 Å². The summed E-state index contributed by atoms with van der Waals surface area (Å²) < 4.78 is 13.0. The van der Waals surface area contributed by atoms with Crippen LogP contribution >= 0.6 is 0 Å². The number of piperazine rings is 1. The van der Waals surface area contributed by atoms with Crippen molar-refractivity contribution in [3.63, 3.8) is 0 Å². The summed E-state index contributed by atoms with van der Waals surface area (Å²) >= 11 is 0. The molecule has 2 aromatic carbocycles. The number of hydrogen-bond acceptors (Lipinski definition) is 3. The number of halogens is 1. The fourth-order valence-electron chi connectivity index (χ4n) is 3.20. The van der Waals surface area contributed by atoms with Gasteiger partial charge in [0.05, 0.1) is 0 Å². The van der Waals surface area contributed by atoms with Gasteiger partial charge in [-0.25, -0.2) is 4.39 Å². The standard InChI is InChI=1S/C19H24FN3/c1-15(14-16-2-6-18(21)7-3-16)22-10-12-23(13-11-22)19-8-4-17(20)5-9-19/h2-9,15H,10-14,21H2,1H3. The van der Waals surface area contributed by atoms with Crippen molar-refractivity contribution in [3.05, 3.63) is 59.9 Å². The molecule has 0 aromatic heterocycles. The topological polar surface area (TPSA) is 32.5 Å². The number of hydrogen-bond donors (Lipinski definition) is 1. The number of benzene rings is 2. The summed E-state index contributed by atoms with van der Waals surface area (Å²) in [6, 6.07) is 15.5. The van der Waals surface area contributed by atoms with Gasteiger partial charge in [-0.2, -0.15) is 0 Å². The van der Waals surface area contributed by atoms with Crippen LogP contribution in [0.4, 0.5) is 15.8 Å². The second-order valence-electron chi connectivity index (χ2n) is 6.29. The van der Waals surface area contributed by atoms with E-state index in [1.54, 1.807) is 0 Å². The molecule has 1 fully saturated rings. The molecular formula is C19H24FN3. The zero-order valence-electron chi connectivity index (χ0n) is 13.6. The smallest absolute Gasteiger partial charge is 0.123 e. The Balaban J connectivity index is 1.53. The van der Waals surface area contributed by atoms with E-state index < -0.39 is 0 Å². The molecule has 3 rings (SSSR count). The predicted octanol–water partition coefficient (Wildman–Crippen LogP) is 3.16. The van der Waals surface area contributed by atoms with E-state index in [9.17, 15) is 4.39 Å². The molecule has 0 saturated carbocycles. The molecule has 122 valence electrons. The monoisotopic (exact) mass is 313 g/mol. The van der Waals surface area contributed by atoms with Crippen LogP contribution in [0.3, 0.4) is 0 Å². The Morgan fingerprint density at radius 3 is 2.17 bits per heavy atom. The van der Waals surface area contributed by atoms with Crippen molar-refractivity contribution < 1.29 is 4.39 Å². The first kappa shape index (κ1) is 15.8. The minimum absolute atomic E-state index is 0.176. The Morgan fingerprint density at radius 1 is 0.957 bits per heavy atom. The molecule has 0 spiro atoms. The maximum absolute atomic E-state index is 13.0. The Morgan fingerprint density at radius 2 is 1.57 bits per heavy atom. The number of nitrogen functional groups attached to an aromatic ring is 1. The minimum Gasteiger partial charge on any atom is -0.399 e. The van der Waals surface area contributed by atoms with E-state index in [-0.39, 0.29) is 5.82 Å². The van der Waals surface area contributed by atoms with Crippen molar-refractivity contribution in [2.75, 3.05) is 36.8 Å². The van der Waals surface area contributed by atoms with E-state index in [4.69, 9.17) is 5.73 Å². The second-order valence-corrected chi connectivity index (χ2v) is 6.29. The molecule has 1 heterocycles. The average Bonchev–Trinajstić information content (AvgIpc) is 2.58. The molecule has 0 aliphatic carbocycles. The lowest BCUT2D eigenvalue weighted by Gasteiger charge is -2.39. The van der Waals surface area contributed by atoms with Crippen LogP contribution in [0.1, 0.15) is 12.5 Å². The van der Waals surface area contributed by atoms with Crippen LogP contribution in [0, 0.1) is 5.82 Å². The van der Waals surface area contributed by atoms with Gasteiger partial charge in [-0.15, -0.1) is 0 Å². The number of rotatable bonds is 4. The van der Waals surface area contributed by atoms with Crippen molar-refractivity contribution >= 4 is 11.4 Å². The Labute approximate surface area is 137 Å². The van der Waals surface area contributed by atoms with Crippen LogP contribution in [0.5, 0.6) is 0 Å². The normalized spacial score (nSPS) is 17.2. The third kappa shape index (κ3) is 4.02. The summed E-state index contributed by atoms with van der Waals surface area (Å²) in [5.74, 6) is -0.176.